The summed E-state index contributed by atoms with van der Waals surface area (Å²) in [5.41, 5.74) is -3.35. The molecule has 52 heavy (non-hydrogen) atoms. The molecule has 0 radical (unpaired) electrons. The lowest BCUT2D eigenvalue weighted by molar-refractivity contribution is -0.175. The number of sulfone groups is 1. The third-order valence-corrected chi connectivity index (χ3v) is 10.3. The molecule has 2 aromatic carbocycles. The van der Waals surface area contributed by atoms with Gasteiger partial charge in [0.1, 0.15) is 17.8 Å². The topological polar surface area (TPSA) is 148 Å². The van der Waals surface area contributed by atoms with Gasteiger partial charge in [-0.15, -0.1) is 0 Å². The van der Waals surface area contributed by atoms with Gasteiger partial charge in [0.25, 0.3) is 11.7 Å². The number of hydrogen-bond donors (Lipinski definition) is 2. The number of carbonyl (C=O) groups excluding carboxylic acids is 4. The van der Waals surface area contributed by atoms with Crippen LogP contribution in [0.2, 0.25) is 0 Å². The molecule has 4 atom stereocenters. The van der Waals surface area contributed by atoms with Crippen molar-refractivity contribution >= 4 is 33.3 Å². The van der Waals surface area contributed by atoms with Gasteiger partial charge in [0.05, 0.1) is 36.3 Å². The molecule has 0 saturated carbocycles. The summed E-state index contributed by atoms with van der Waals surface area (Å²) in [5, 5.41) is 1.93. The number of alkyl halides is 8. The average molecular weight is 774 g/mol. The van der Waals surface area contributed by atoms with Crippen molar-refractivity contribution in [2.75, 3.05) is 27.4 Å². The zero-order valence-electron chi connectivity index (χ0n) is 28.0. The minimum absolute atomic E-state index is 0.244. The molecule has 288 valence electrons. The molecule has 0 bridgehead atoms. The number of hydrogen-bond acceptors (Lipinski definition) is 8. The number of amides is 3. The Balaban J connectivity index is 2.00. The normalized spacial score (nSPS) is 18.1. The van der Waals surface area contributed by atoms with Crippen molar-refractivity contribution in [3.63, 3.8) is 0 Å². The second-order valence-electron chi connectivity index (χ2n) is 12.2. The fourth-order valence-electron chi connectivity index (χ4n) is 5.50. The third-order valence-electron chi connectivity index (χ3n) is 8.20. The number of rotatable bonds is 14. The summed E-state index contributed by atoms with van der Waals surface area (Å²) >= 11 is 0. The molecule has 11 nitrogen and oxygen atoms in total. The highest BCUT2D eigenvalue weighted by atomic mass is 32.2. The Morgan fingerprint density at radius 1 is 0.885 bits per heavy atom. The number of halogens is 8. The van der Waals surface area contributed by atoms with E-state index in [0.29, 0.717) is 22.8 Å². The summed E-state index contributed by atoms with van der Waals surface area (Å²) in [4.78, 5) is 52.9. The van der Waals surface area contributed by atoms with Crippen LogP contribution in [0.3, 0.4) is 0 Å². The zero-order valence-corrected chi connectivity index (χ0v) is 28.8. The molecule has 2 N–H and O–H groups in total. The van der Waals surface area contributed by atoms with Crippen molar-refractivity contribution in [2.45, 2.75) is 67.7 Å². The lowest BCUT2D eigenvalue weighted by atomic mass is 9.98. The van der Waals surface area contributed by atoms with E-state index in [-0.39, 0.29) is 5.56 Å². The Bertz CT molecular complexity index is 1730. The molecule has 2 aromatic rings. The molecule has 0 aromatic heterocycles. The fraction of sp³-hybridized carbons (Fsp3) is 0.500. The van der Waals surface area contributed by atoms with Gasteiger partial charge in [-0.05, 0) is 36.1 Å². The van der Waals surface area contributed by atoms with E-state index in [1.807, 2.05) is 5.32 Å². The summed E-state index contributed by atoms with van der Waals surface area (Å²) in [6, 6.07) is 1.74. The molecule has 20 heteroatoms. The van der Waals surface area contributed by atoms with Crippen molar-refractivity contribution < 1.29 is 72.2 Å². The first-order valence-corrected chi connectivity index (χ1v) is 17.1. The Morgan fingerprint density at radius 2 is 1.46 bits per heavy atom. The summed E-state index contributed by atoms with van der Waals surface area (Å²) in [7, 11) is -1.97. The number of ether oxygens (including phenoxy) is 2. The summed E-state index contributed by atoms with van der Waals surface area (Å²) in [6.45, 7) is 0.597. The molecule has 1 heterocycles. The van der Waals surface area contributed by atoms with Crippen LogP contribution in [-0.2, 0) is 51.6 Å². The molecular formula is C32H35F8N3O8S. The molecule has 1 aliphatic rings. The molecule has 1 aliphatic heterocycles. The first-order valence-electron chi connectivity index (χ1n) is 15.4. The van der Waals surface area contributed by atoms with E-state index in [4.69, 9.17) is 9.47 Å². The van der Waals surface area contributed by atoms with Crippen LogP contribution >= 0.6 is 0 Å². The SMILES string of the molecule is COCC(NC(=O)C(F)(F)c1ccccc1C(F)(F)F)C(=O)N1C[C@H](S(=O)(=O)Cc2ccc(OC)cc2)C[C@H]1C(=O)NC(C(=O)C(F)(F)F)C(C)C. The van der Waals surface area contributed by atoms with Crippen molar-refractivity contribution in [1.82, 2.24) is 15.5 Å². The van der Waals surface area contributed by atoms with Gasteiger partial charge in [0.15, 0.2) is 9.84 Å². The maximum absolute atomic E-state index is 15.3. The second kappa shape index (κ2) is 16.1. The van der Waals surface area contributed by atoms with Gasteiger partial charge in [0, 0.05) is 19.2 Å². The maximum Gasteiger partial charge on any atom is 0.452 e. The van der Waals surface area contributed by atoms with E-state index in [1.165, 1.54) is 45.2 Å². The summed E-state index contributed by atoms with van der Waals surface area (Å²) in [6.07, 6.45) is -11.4. The van der Waals surface area contributed by atoms with Crippen LogP contribution in [0.15, 0.2) is 48.5 Å². The Morgan fingerprint density at radius 3 is 1.96 bits per heavy atom. The minimum Gasteiger partial charge on any atom is -0.497 e. The van der Waals surface area contributed by atoms with Gasteiger partial charge in [-0.3, -0.25) is 19.2 Å². The summed E-state index contributed by atoms with van der Waals surface area (Å²) in [5.74, 6) is -13.9. The van der Waals surface area contributed by atoms with E-state index in [0.717, 1.165) is 19.2 Å². The van der Waals surface area contributed by atoms with Crippen molar-refractivity contribution in [1.29, 1.82) is 0 Å². The summed E-state index contributed by atoms with van der Waals surface area (Å²) < 4.78 is 148. The monoisotopic (exact) mass is 773 g/mol. The zero-order chi connectivity index (χ0) is 39.4. The van der Waals surface area contributed by atoms with Crippen molar-refractivity contribution in [3.8, 4) is 5.75 Å². The van der Waals surface area contributed by atoms with Gasteiger partial charge in [0.2, 0.25) is 11.8 Å². The standard InChI is InChI=1S/C32H35F8N3O8S/c1-17(2)25(26(44)32(38,39)40)42-27(45)24-13-20(52(48,49)16-18-9-11-19(51-4)12-10-18)14-43(24)28(46)23(15-50-3)41-29(47)30(33,34)21-7-5-6-8-22(21)31(35,36)37/h5-12,17,20,23-25H,13-16H2,1-4H3,(H,41,47)(H,42,45)/t20-,23?,24+,25?/m1/s1. The molecule has 0 spiro atoms. The predicted molar refractivity (Wildman–Crippen MR) is 166 cm³/mol. The number of ketones is 1. The van der Waals surface area contributed by atoms with Crippen LogP contribution in [0.1, 0.15) is 37.0 Å². The number of benzene rings is 2. The number of Topliss-reactive ketones (excluding diaryl/α,β-unsaturated/α-hetero) is 1. The fourth-order valence-corrected chi connectivity index (χ4v) is 7.26. The van der Waals surface area contributed by atoms with E-state index in [2.05, 4.69) is 0 Å². The molecule has 2 unspecified atom stereocenters. The number of carbonyl (C=O) groups is 4. The van der Waals surface area contributed by atoms with E-state index < -0.39 is 117 Å². The number of likely N-dealkylation sites (tertiary alicyclic amines) is 1. The Hall–Kier alpha value is -4.33. The first-order chi connectivity index (χ1) is 23.9. The highest BCUT2D eigenvalue weighted by molar-refractivity contribution is 7.91. The van der Waals surface area contributed by atoms with Gasteiger partial charge < -0.3 is 25.0 Å². The molecule has 3 amide bonds. The maximum atomic E-state index is 15.3. The van der Waals surface area contributed by atoms with Gasteiger partial charge in [-0.1, -0.05) is 44.2 Å². The number of nitrogens with zero attached hydrogens (tertiary/aromatic N) is 1. The molecule has 1 fully saturated rings. The average Bonchev–Trinajstić information content (AvgIpc) is 3.52. The van der Waals surface area contributed by atoms with Gasteiger partial charge >= 0.3 is 18.3 Å². The van der Waals surface area contributed by atoms with E-state index >= 15 is 8.78 Å². The first kappa shape index (κ1) is 42.1. The molecule has 3 rings (SSSR count). The van der Waals surface area contributed by atoms with Crippen LogP contribution in [0.5, 0.6) is 5.75 Å². The van der Waals surface area contributed by atoms with Crippen LogP contribution in [0, 0.1) is 5.92 Å². The van der Waals surface area contributed by atoms with Crippen LogP contribution in [-0.4, -0.2) is 93.7 Å². The van der Waals surface area contributed by atoms with Gasteiger partial charge in [-0.2, -0.15) is 35.1 Å². The lowest BCUT2D eigenvalue weighted by Gasteiger charge is -2.31. The van der Waals surface area contributed by atoms with E-state index in [1.54, 1.807) is 5.32 Å². The smallest absolute Gasteiger partial charge is 0.452 e. The Labute approximate surface area is 292 Å². The Kier molecular flexibility index (Phi) is 13.1. The lowest BCUT2D eigenvalue weighted by Crippen LogP contribution is -2.59. The largest absolute Gasteiger partial charge is 0.497 e. The predicted octanol–water partition coefficient (Wildman–Crippen LogP) is 3.79. The number of methoxy groups -OCH3 is 2. The van der Waals surface area contributed by atoms with E-state index in [9.17, 15) is 53.9 Å². The highest BCUT2D eigenvalue weighted by Crippen LogP contribution is 2.39. The second-order valence-corrected chi connectivity index (χ2v) is 14.5. The molecule has 0 aliphatic carbocycles. The quantitative estimate of drug-likeness (QED) is 0.276. The van der Waals surface area contributed by atoms with Crippen LogP contribution in [0.4, 0.5) is 35.1 Å². The van der Waals surface area contributed by atoms with Gasteiger partial charge in [-0.25, -0.2) is 8.42 Å². The number of nitrogens with one attached hydrogen (secondary N) is 2. The third kappa shape index (κ3) is 9.75. The molecular weight excluding hydrogens is 738 g/mol. The van der Waals surface area contributed by atoms with Crippen molar-refractivity contribution in [3.05, 3.63) is 65.2 Å². The highest BCUT2D eigenvalue weighted by Gasteiger charge is 2.52. The molecule has 1 saturated heterocycles. The van der Waals surface area contributed by atoms with Crippen LogP contribution < -0.4 is 15.4 Å². The van der Waals surface area contributed by atoms with Crippen LogP contribution in [0.25, 0.3) is 0 Å². The van der Waals surface area contributed by atoms with Crippen molar-refractivity contribution in [2.24, 2.45) is 5.92 Å². The minimum atomic E-state index is -5.40.